The maximum absolute atomic E-state index is 13.1. The van der Waals surface area contributed by atoms with E-state index in [0.717, 1.165) is 12.1 Å². The number of fused-ring (bicyclic) bond motifs is 1. The fourth-order valence-electron chi connectivity index (χ4n) is 3.29. The lowest BCUT2D eigenvalue weighted by Crippen LogP contribution is -2.37. The van der Waals surface area contributed by atoms with Gasteiger partial charge in [-0.05, 0) is 42.8 Å². The highest BCUT2D eigenvalue weighted by Gasteiger charge is 2.29. The number of rotatable bonds is 3. The highest BCUT2D eigenvalue weighted by atomic mass is 32.2. The number of aromatic nitrogens is 2. The molecule has 1 aliphatic rings. The zero-order valence-electron chi connectivity index (χ0n) is 15.0. The van der Waals surface area contributed by atoms with Crippen LogP contribution in [0.25, 0.3) is 5.65 Å². The average Bonchev–Trinajstić information content (AvgIpc) is 2.96. The van der Waals surface area contributed by atoms with Crippen LogP contribution in [0.5, 0.6) is 0 Å². The topological polar surface area (TPSA) is 75.0 Å². The molecule has 0 aliphatic carbocycles. The minimum Gasteiger partial charge on any atom is -0.336 e. The van der Waals surface area contributed by atoms with Crippen LogP contribution in [0.3, 0.4) is 0 Å². The lowest BCUT2D eigenvalue weighted by atomic mass is 10.3. The van der Waals surface area contributed by atoms with Crippen molar-refractivity contribution < 1.29 is 17.6 Å². The summed E-state index contributed by atoms with van der Waals surface area (Å²) < 4.78 is 41.8. The maximum atomic E-state index is 13.1. The number of sulfonamides is 1. The molecule has 146 valence electrons. The molecule has 0 spiro atoms. The van der Waals surface area contributed by atoms with Gasteiger partial charge in [0.2, 0.25) is 10.0 Å². The number of halogens is 1. The van der Waals surface area contributed by atoms with Gasteiger partial charge >= 0.3 is 0 Å². The van der Waals surface area contributed by atoms with E-state index in [9.17, 15) is 17.6 Å². The third kappa shape index (κ3) is 3.50. The van der Waals surface area contributed by atoms with Gasteiger partial charge in [0.05, 0.1) is 4.90 Å². The molecule has 0 atom stereocenters. The monoisotopic (exact) mass is 402 g/mol. The number of carbonyl (C=O) groups excluding carboxylic acids is 1. The predicted octanol–water partition coefficient (Wildman–Crippen LogP) is 2.01. The first kappa shape index (κ1) is 18.6. The van der Waals surface area contributed by atoms with Crippen LogP contribution in [0.2, 0.25) is 0 Å². The van der Waals surface area contributed by atoms with Crippen LogP contribution < -0.4 is 0 Å². The summed E-state index contributed by atoms with van der Waals surface area (Å²) in [5, 5.41) is 0. The van der Waals surface area contributed by atoms with Crippen molar-refractivity contribution >= 4 is 21.6 Å². The van der Waals surface area contributed by atoms with Crippen molar-refractivity contribution in [3.8, 4) is 0 Å². The van der Waals surface area contributed by atoms with Crippen molar-refractivity contribution in [3.05, 3.63) is 66.4 Å². The summed E-state index contributed by atoms with van der Waals surface area (Å²) in [4.78, 5) is 18.8. The molecule has 9 heteroatoms. The summed E-state index contributed by atoms with van der Waals surface area (Å²) in [6.07, 6.45) is 4.01. The Kier molecular flexibility index (Phi) is 4.86. The minimum atomic E-state index is -3.73. The van der Waals surface area contributed by atoms with E-state index >= 15 is 0 Å². The van der Waals surface area contributed by atoms with Crippen LogP contribution >= 0.6 is 0 Å². The molecule has 7 nitrogen and oxygen atoms in total. The van der Waals surface area contributed by atoms with Crippen molar-refractivity contribution in [2.75, 3.05) is 26.2 Å². The van der Waals surface area contributed by atoms with Gasteiger partial charge in [-0.25, -0.2) is 17.8 Å². The molecular weight excluding hydrogens is 383 g/mol. The van der Waals surface area contributed by atoms with Crippen LogP contribution in [0, 0.1) is 5.82 Å². The molecule has 0 radical (unpaired) electrons. The molecule has 1 amide bonds. The predicted molar refractivity (Wildman–Crippen MR) is 101 cm³/mol. The van der Waals surface area contributed by atoms with E-state index in [2.05, 4.69) is 4.98 Å². The van der Waals surface area contributed by atoms with Gasteiger partial charge in [0, 0.05) is 38.6 Å². The van der Waals surface area contributed by atoms with Crippen LogP contribution in [0.1, 0.15) is 16.9 Å². The number of amides is 1. The van der Waals surface area contributed by atoms with E-state index in [4.69, 9.17) is 0 Å². The molecule has 1 saturated heterocycles. The fraction of sp³-hybridized carbons (Fsp3) is 0.263. The summed E-state index contributed by atoms with van der Waals surface area (Å²) in [7, 11) is -3.73. The summed E-state index contributed by atoms with van der Waals surface area (Å²) in [5.74, 6) is -0.705. The molecular formula is C19H19FN4O3S. The quantitative estimate of drug-likeness (QED) is 0.672. The molecule has 0 N–H and O–H groups in total. The van der Waals surface area contributed by atoms with E-state index in [1.165, 1.54) is 16.4 Å². The second kappa shape index (κ2) is 7.33. The van der Waals surface area contributed by atoms with Gasteiger partial charge in [-0.1, -0.05) is 6.07 Å². The molecule has 3 aromatic rings. The van der Waals surface area contributed by atoms with Crippen molar-refractivity contribution in [2.24, 2.45) is 0 Å². The van der Waals surface area contributed by atoms with Gasteiger partial charge in [0.25, 0.3) is 5.91 Å². The molecule has 28 heavy (non-hydrogen) atoms. The van der Waals surface area contributed by atoms with Gasteiger partial charge in [0.15, 0.2) is 0 Å². The molecule has 0 bridgehead atoms. The first-order valence-corrected chi connectivity index (χ1v) is 10.4. The van der Waals surface area contributed by atoms with Crippen molar-refractivity contribution in [2.45, 2.75) is 11.3 Å². The summed E-state index contributed by atoms with van der Waals surface area (Å²) in [6, 6.07) is 10.3. The summed E-state index contributed by atoms with van der Waals surface area (Å²) in [5.41, 5.74) is 1.02. The second-order valence-electron chi connectivity index (χ2n) is 6.60. The molecule has 0 saturated carbocycles. The molecule has 1 aliphatic heterocycles. The minimum absolute atomic E-state index is 0.0500. The molecule has 3 heterocycles. The molecule has 1 aromatic carbocycles. The Morgan fingerprint density at radius 3 is 2.54 bits per heavy atom. The fourth-order valence-corrected chi connectivity index (χ4v) is 4.76. The number of hydrogen-bond donors (Lipinski definition) is 0. The lowest BCUT2D eigenvalue weighted by molar-refractivity contribution is 0.0759. The van der Waals surface area contributed by atoms with Crippen LogP contribution in [0.15, 0.2) is 59.8 Å². The van der Waals surface area contributed by atoms with Gasteiger partial charge in [0.1, 0.15) is 17.2 Å². The standard InChI is InChI=1S/C19H19FN4O3S/c20-15-5-7-16(8-6-15)28(26,27)24-11-3-10-22(12-13-24)19(25)17-14-23-9-2-1-4-18(23)21-17/h1-2,4-9,14H,3,10-13H2. The number of carbonyl (C=O) groups is 1. The van der Waals surface area contributed by atoms with Crippen molar-refractivity contribution in [1.82, 2.24) is 18.6 Å². The Morgan fingerprint density at radius 2 is 1.79 bits per heavy atom. The van der Waals surface area contributed by atoms with Gasteiger partial charge in [-0.15, -0.1) is 0 Å². The zero-order chi connectivity index (χ0) is 19.7. The SMILES string of the molecule is O=C(c1cn2ccccc2n1)N1CCCN(S(=O)(=O)c2ccc(F)cc2)CC1. The highest BCUT2D eigenvalue weighted by molar-refractivity contribution is 7.89. The van der Waals surface area contributed by atoms with Gasteiger partial charge in [-0.3, -0.25) is 4.79 Å². The zero-order valence-corrected chi connectivity index (χ0v) is 15.8. The average molecular weight is 402 g/mol. The smallest absolute Gasteiger partial charge is 0.274 e. The van der Waals surface area contributed by atoms with Crippen LogP contribution in [-0.4, -0.2) is 59.1 Å². The van der Waals surface area contributed by atoms with E-state index < -0.39 is 15.8 Å². The van der Waals surface area contributed by atoms with Crippen LogP contribution in [-0.2, 0) is 10.0 Å². The molecule has 4 rings (SSSR count). The van der Waals surface area contributed by atoms with Crippen molar-refractivity contribution in [3.63, 3.8) is 0 Å². The third-order valence-electron chi connectivity index (χ3n) is 4.78. The van der Waals surface area contributed by atoms with E-state index in [1.807, 2.05) is 24.4 Å². The third-order valence-corrected chi connectivity index (χ3v) is 6.69. The summed E-state index contributed by atoms with van der Waals surface area (Å²) >= 11 is 0. The van der Waals surface area contributed by atoms with Crippen molar-refractivity contribution in [1.29, 1.82) is 0 Å². The van der Waals surface area contributed by atoms with E-state index in [1.54, 1.807) is 15.5 Å². The number of benzene rings is 1. The highest BCUT2D eigenvalue weighted by Crippen LogP contribution is 2.19. The molecule has 1 fully saturated rings. The first-order chi connectivity index (χ1) is 13.4. The van der Waals surface area contributed by atoms with E-state index in [-0.39, 0.29) is 23.9 Å². The van der Waals surface area contributed by atoms with E-state index in [0.29, 0.717) is 30.9 Å². The lowest BCUT2D eigenvalue weighted by Gasteiger charge is -2.21. The first-order valence-electron chi connectivity index (χ1n) is 8.94. The Labute approximate surface area is 162 Å². The largest absolute Gasteiger partial charge is 0.336 e. The molecule has 2 aromatic heterocycles. The van der Waals surface area contributed by atoms with Gasteiger partial charge in [-0.2, -0.15) is 4.31 Å². The van der Waals surface area contributed by atoms with Gasteiger partial charge < -0.3 is 9.30 Å². The number of pyridine rings is 1. The normalized spacial score (nSPS) is 16.2. The van der Waals surface area contributed by atoms with Crippen LogP contribution in [0.4, 0.5) is 4.39 Å². The number of hydrogen-bond acceptors (Lipinski definition) is 4. The summed E-state index contributed by atoms with van der Waals surface area (Å²) in [6.45, 7) is 1.20. The Balaban J connectivity index is 1.50. The Hall–Kier alpha value is -2.78. The number of nitrogens with zero attached hydrogens (tertiary/aromatic N) is 4. The number of imidazole rings is 1. The molecule has 0 unspecified atom stereocenters. The second-order valence-corrected chi connectivity index (χ2v) is 8.53. The Bertz CT molecular complexity index is 1080. The Morgan fingerprint density at radius 1 is 1.00 bits per heavy atom. The maximum Gasteiger partial charge on any atom is 0.274 e.